The van der Waals surface area contributed by atoms with E-state index >= 15 is 0 Å². The van der Waals surface area contributed by atoms with Crippen LogP contribution in [0.1, 0.15) is 31.7 Å². The van der Waals surface area contributed by atoms with Crippen LogP contribution in [0.15, 0.2) is 41.3 Å². The van der Waals surface area contributed by atoms with E-state index in [0.717, 1.165) is 24.8 Å². The Morgan fingerprint density at radius 3 is 2.73 bits per heavy atom. The van der Waals surface area contributed by atoms with Crippen LogP contribution in [0.3, 0.4) is 0 Å². The molecule has 0 aliphatic rings. The first kappa shape index (κ1) is 16.9. The van der Waals surface area contributed by atoms with Crippen LogP contribution in [-0.4, -0.2) is 11.2 Å². The number of halogens is 2. The van der Waals surface area contributed by atoms with Crippen molar-refractivity contribution in [1.29, 1.82) is 0 Å². The molecule has 1 aromatic carbocycles. The second-order valence-electron chi connectivity index (χ2n) is 5.10. The molecule has 0 spiro atoms. The van der Waals surface area contributed by atoms with Crippen molar-refractivity contribution in [2.45, 2.75) is 32.7 Å². The van der Waals surface area contributed by atoms with Crippen molar-refractivity contribution in [2.75, 3.05) is 6.61 Å². The Bertz CT molecular complexity index is 683. The highest BCUT2D eigenvalue weighted by Crippen LogP contribution is 2.25. The third-order valence-electron chi connectivity index (χ3n) is 3.36. The van der Waals surface area contributed by atoms with E-state index in [1.165, 1.54) is 6.07 Å². The summed E-state index contributed by atoms with van der Waals surface area (Å²) in [7, 11) is 0. The lowest BCUT2D eigenvalue weighted by Crippen LogP contribution is -2.19. The van der Waals surface area contributed by atoms with Crippen molar-refractivity contribution < 1.29 is 4.74 Å². The zero-order valence-corrected chi connectivity index (χ0v) is 14.0. The van der Waals surface area contributed by atoms with Gasteiger partial charge in [-0.3, -0.25) is 4.79 Å². The van der Waals surface area contributed by atoms with Crippen LogP contribution in [-0.2, 0) is 6.54 Å². The molecule has 2 rings (SSSR count). The molecule has 0 bridgehead atoms. The van der Waals surface area contributed by atoms with E-state index in [4.69, 9.17) is 27.9 Å². The molecule has 2 aromatic rings. The van der Waals surface area contributed by atoms with Gasteiger partial charge in [-0.2, -0.15) is 0 Å². The van der Waals surface area contributed by atoms with Gasteiger partial charge in [0.1, 0.15) is 5.75 Å². The summed E-state index contributed by atoms with van der Waals surface area (Å²) in [5.41, 5.74) is 0.692. The standard InChI is InChI=1S/C17H19Cl2NO2/c1-2-3-4-10-22-14-8-9-20(16(21)11-14)12-13-6-5-7-15(18)17(13)19/h5-9,11H,2-4,10,12H2,1H3. The van der Waals surface area contributed by atoms with Crippen molar-refractivity contribution >= 4 is 23.2 Å². The molecule has 0 atom stereocenters. The van der Waals surface area contributed by atoms with Crippen molar-refractivity contribution in [2.24, 2.45) is 0 Å². The average Bonchev–Trinajstić information content (AvgIpc) is 2.51. The van der Waals surface area contributed by atoms with Crippen LogP contribution in [0.2, 0.25) is 10.0 Å². The monoisotopic (exact) mass is 339 g/mol. The molecule has 22 heavy (non-hydrogen) atoms. The molecule has 3 nitrogen and oxygen atoms in total. The van der Waals surface area contributed by atoms with Gasteiger partial charge in [-0.1, -0.05) is 55.1 Å². The molecular weight excluding hydrogens is 321 g/mol. The number of pyridine rings is 1. The minimum atomic E-state index is -0.121. The van der Waals surface area contributed by atoms with Gasteiger partial charge in [-0.15, -0.1) is 0 Å². The quantitative estimate of drug-likeness (QED) is 0.680. The molecule has 0 radical (unpaired) electrons. The maximum Gasteiger partial charge on any atom is 0.254 e. The fourth-order valence-electron chi connectivity index (χ4n) is 2.11. The van der Waals surface area contributed by atoms with Crippen LogP contribution in [0.25, 0.3) is 0 Å². The number of ether oxygens (including phenoxy) is 1. The first-order valence-corrected chi connectivity index (χ1v) is 8.13. The molecule has 0 N–H and O–H groups in total. The van der Waals surface area contributed by atoms with Crippen molar-refractivity contribution in [3.05, 3.63) is 62.5 Å². The summed E-state index contributed by atoms with van der Waals surface area (Å²) in [4.78, 5) is 12.1. The number of hydrogen-bond donors (Lipinski definition) is 0. The Labute approximate surface area is 140 Å². The van der Waals surface area contributed by atoms with E-state index in [-0.39, 0.29) is 5.56 Å². The molecule has 0 saturated heterocycles. The first-order chi connectivity index (χ1) is 10.6. The molecule has 0 fully saturated rings. The zero-order chi connectivity index (χ0) is 15.9. The van der Waals surface area contributed by atoms with Gasteiger partial charge >= 0.3 is 0 Å². The molecule has 0 amide bonds. The minimum Gasteiger partial charge on any atom is -0.493 e. The van der Waals surface area contributed by atoms with E-state index in [9.17, 15) is 4.79 Å². The maximum atomic E-state index is 12.1. The number of aromatic nitrogens is 1. The van der Waals surface area contributed by atoms with Gasteiger partial charge in [0.2, 0.25) is 0 Å². The van der Waals surface area contributed by atoms with E-state index in [1.807, 2.05) is 12.1 Å². The normalized spacial score (nSPS) is 10.7. The van der Waals surface area contributed by atoms with Crippen molar-refractivity contribution in [3.8, 4) is 5.75 Å². The third-order valence-corrected chi connectivity index (χ3v) is 4.21. The lowest BCUT2D eigenvalue weighted by atomic mass is 10.2. The number of benzene rings is 1. The summed E-state index contributed by atoms with van der Waals surface area (Å²) in [5, 5.41) is 0.971. The highest BCUT2D eigenvalue weighted by atomic mass is 35.5. The maximum absolute atomic E-state index is 12.1. The minimum absolute atomic E-state index is 0.121. The predicted molar refractivity (Wildman–Crippen MR) is 91.3 cm³/mol. The smallest absolute Gasteiger partial charge is 0.254 e. The summed E-state index contributed by atoms with van der Waals surface area (Å²) in [5.74, 6) is 0.606. The summed E-state index contributed by atoms with van der Waals surface area (Å²) in [6, 6.07) is 8.70. The second-order valence-corrected chi connectivity index (χ2v) is 5.88. The Morgan fingerprint density at radius 2 is 2.00 bits per heavy atom. The number of rotatable bonds is 7. The van der Waals surface area contributed by atoms with Gasteiger partial charge in [0.05, 0.1) is 23.2 Å². The molecule has 0 aliphatic heterocycles. The third kappa shape index (κ3) is 4.52. The molecule has 0 aliphatic carbocycles. The van der Waals surface area contributed by atoms with Crippen LogP contribution in [0, 0.1) is 0 Å². The lowest BCUT2D eigenvalue weighted by molar-refractivity contribution is 0.305. The van der Waals surface area contributed by atoms with Crippen molar-refractivity contribution in [1.82, 2.24) is 4.57 Å². The highest BCUT2D eigenvalue weighted by Gasteiger charge is 2.06. The fourth-order valence-corrected chi connectivity index (χ4v) is 2.49. The first-order valence-electron chi connectivity index (χ1n) is 7.38. The van der Waals surface area contributed by atoms with E-state index in [2.05, 4.69) is 6.92 Å². The SMILES string of the molecule is CCCCCOc1ccn(Cc2cccc(Cl)c2Cl)c(=O)c1. The lowest BCUT2D eigenvalue weighted by Gasteiger charge is -2.10. The summed E-state index contributed by atoms with van der Waals surface area (Å²) in [6.07, 6.45) is 4.99. The number of nitrogens with zero attached hydrogens (tertiary/aromatic N) is 1. The highest BCUT2D eigenvalue weighted by molar-refractivity contribution is 6.42. The van der Waals surface area contributed by atoms with Gasteiger partial charge in [-0.05, 0) is 24.1 Å². The van der Waals surface area contributed by atoms with Crippen molar-refractivity contribution in [3.63, 3.8) is 0 Å². The van der Waals surface area contributed by atoms with E-state index in [1.54, 1.807) is 22.9 Å². The van der Waals surface area contributed by atoms with Gasteiger partial charge in [0, 0.05) is 12.3 Å². The van der Waals surface area contributed by atoms with Gasteiger partial charge in [0.25, 0.3) is 5.56 Å². The second kappa shape index (κ2) is 8.25. The molecule has 1 aromatic heterocycles. The van der Waals surface area contributed by atoms with Crippen LogP contribution in [0.4, 0.5) is 0 Å². The van der Waals surface area contributed by atoms with E-state index < -0.39 is 0 Å². The largest absolute Gasteiger partial charge is 0.493 e. The zero-order valence-electron chi connectivity index (χ0n) is 12.5. The molecule has 0 saturated carbocycles. The predicted octanol–water partition coefficient (Wildman–Crippen LogP) is 4.77. The molecule has 118 valence electrons. The molecule has 0 unspecified atom stereocenters. The summed E-state index contributed by atoms with van der Waals surface area (Å²) in [6.45, 7) is 3.16. The van der Waals surface area contributed by atoms with Crippen LogP contribution in [0.5, 0.6) is 5.75 Å². The van der Waals surface area contributed by atoms with Gasteiger partial charge in [0.15, 0.2) is 0 Å². The van der Waals surface area contributed by atoms with Gasteiger partial charge in [-0.25, -0.2) is 0 Å². The Kier molecular flexibility index (Phi) is 6.34. The van der Waals surface area contributed by atoms with Gasteiger partial charge < -0.3 is 9.30 Å². The Morgan fingerprint density at radius 1 is 1.18 bits per heavy atom. The number of unbranched alkanes of at least 4 members (excludes halogenated alkanes) is 2. The van der Waals surface area contributed by atoms with Crippen LogP contribution >= 0.6 is 23.2 Å². The molecule has 5 heteroatoms. The molecule has 1 heterocycles. The Hall–Kier alpha value is -1.45. The van der Waals surface area contributed by atoms with Crippen LogP contribution < -0.4 is 10.3 Å². The molecular formula is C17H19Cl2NO2. The summed E-state index contributed by atoms with van der Waals surface area (Å²) >= 11 is 12.1. The number of hydrogen-bond acceptors (Lipinski definition) is 2. The fraction of sp³-hybridized carbons (Fsp3) is 0.353. The summed E-state index contributed by atoms with van der Waals surface area (Å²) < 4.78 is 7.16. The average molecular weight is 340 g/mol. The topological polar surface area (TPSA) is 31.2 Å². The van der Waals surface area contributed by atoms with E-state index in [0.29, 0.717) is 28.9 Å². The Balaban J connectivity index is 2.07.